The van der Waals surface area contributed by atoms with Crippen LogP contribution < -0.4 is 10.6 Å². The lowest BCUT2D eigenvalue weighted by Gasteiger charge is -2.22. The fourth-order valence-corrected chi connectivity index (χ4v) is 3.92. The number of nitrogens with zero attached hydrogens (tertiary/aromatic N) is 1. The Hall–Kier alpha value is -3.93. The molecule has 6 heteroatoms. The number of nitrogens with one attached hydrogen (secondary N) is 2. The van der Waals surface area contributed by atoms with Crippen LogP contribution in [0.3, 0.4) is 0 Å². The van der Waals surface area contributed by atoms with Crippen molar-refractivity contribution in [3.05, 3.63) is 101 Å². The molecule has 0 heterocycles. The number of carbonyl (C=O) groups excluding carboxylic acids is 3. The van der Waals surface area contributed by atoms with Crippen LogP contribution in [0.4, 0.5) is 5.69 Å². The molecule has 3 aromatic rings. The molecule has 0 unspecified atom stereocenters. The van der Waals surface area contributed by atoms with Crippen molar-refractivity contribution in [2.75, 3.05) is 18.4 Å². The van der Waals surface area contributed by atoms with E-state index < -0.39 is 5.91 Å². The van der Waals surface area contributed by atoms with Crippen LogP contribution in [0, 0.1) is 6.92 Å². The van der Waals surface area contributed by atoms with Crippen LogP contribution in [-0.4, -0.2) is 35.7 Å². The molecule has 0 spiro atoms. The average Bonchev–Trinajstić information content (AvgIpc) is 2.88. The maximum Gasteiger partial charge on any atom is 0.254 e. The molecule has 36 heavy (non-hydrogen) atoms. The number of benzene rings is 3. The second-order valence-electron chi connectivity index (χ2n) is 9.00. The smallest absolute Gasteiger partial charge is 0.254 e. The van der Waals surface area contributed by atoms with Gasteiger partial charge < -0.3 is 15.5 Å². The molecule has 0 bridgehead atoms. The van der Waals surface area contributed by atoms with Crippen molar-refractivity contribution in [3.8, 4) is 0 Å². The molecule has 2 N–H and O–H groups in total. The molecular weight excluding hydrogens is 450 g/mol. The van der Waals surface area contributed by atoms with Crippen LogP contribution in [0.2, 0.25) is 0 Å². The van der Waals surface area contributed by atoms with Crippen LogP contribution in [0.25, 0.3) is 0 Å². The molecule has 0 aromatic heterocycles. The van der Waals surface area contributed by atoms with Crippen LogP contribution >= 0.6 is 0 Å². The van der Waals surface area contributed by atoms with E-state index in [1.54, 1.807) is 6.07 Å². The Labute approximate surface area is 213 Å². The van der Waals surface area contributed by atoms with E-state index >= 15 is 0 Å². The molecule has 0 aliphatic carbocycles. The number of anilines is 1. The monoisotopic (exact) mass is 485 g/mol. The molecule has 3 amide bonds. The zero-order chi connectivity index (χ0) is 25.8. The minimum Gasteiger partial charge on any atom is -0.345 e. The van der Waals surface area contributed by atoms with Crippen molar-refractivity contribution in [1.29, 1.82) is 0 Å². The minimum atomic E-state index is -0.394. The third kappa shape index (κ3) is 8.69. The summed E-state index contributed by atoms with van der Waals surface area (Å²) in [5.41, 5.74) is 4.36. The van der Waals surface area contributed by atoms with Gasteiger partial charge in [-0.15, -0.1) is 0 Å². The van der Waals surface area contributed by atoms with Gasteiger partial charge in [0.05, 0.1) is 6.54 Å². The molecule has 0 fully saturated rings. The Kier molecular flexibility index (Phi) is 10.2. The summed E-state index contributed by atoms with van der Waals surface area (Å²) >= 11 is 0. The molecular formula is C30H35N3O3. The van der Waals surface area contributed by atoms with E-state index in [-0.39, 0.29) is 24.9 Å². The van der Waals surface area contributed by atoms with Crippen LogP contribution in [0.1, 0.15) is 53.2 Å². The third-order valence-electron chi connectivity index (χ3n) is 5.86. The van der Waals surface area contributed by atoms with Gasteiger partial charge in [0.1, 0.15) is 6.54 Å². The Morgan fingerprint density at radius 3 is 2.25 bits per heavy atom. The predicted octanol–water partition coefficient (Wildman–Crippen LogP) is 5.13. The molecule has 0 saturated carbocycles. The summed E-state index contributed by atoms with van der Waals surface area (Å²) in [5, 5.41) is 5.40. The van der Waals surface area contributed by atoms with Gasteiger partial charge >= 0.3 is 0 Å². The molecule has 0 aliphatic heterocycles. The number of amides is 3. The molecule has 0 aliphatic rings. The molecule has 0 saturated heterocycles. The number of carbonyl (C=O) groups is 3. The molecule has 188 valence electrons. The zero-order valence-corrected chi connectivity index (χ0v) is 21.1. The van der Waals surface area contributed by atoms with Gasteiger partial charge in [0.15, 0.2) is 0 Å². The summed E-state index contributed by atoms with van der Waals surface area (Å²) in [4.78, 5) is 39.8. The van der Waals surface area contributed by atoms with Crippen molar-refractivity contribution in [2.45, 2.75) is 46.1 Å². The lowest BCUT2D eigenvalue weighted by atomic mass is 10.0. The standard InChI is InChI=1S/C30H35N3O3/c1-3-4-6-11-24-15-17-26(18-16-24)30(36)33(21-25-12-7-5-8-13-25)22-29(35)31-20-28(34)32-27-14-9-10-23(2)19-27/h5,7-10,12-19H,3-4,6,11,20-22H2,1-2H3,(H,31,35)(H,32,34). The summed E-state index contributed by atoms with van der Waals surface area (Å²) in [6.07, 6.45) is 4.47. The maximum atomic E-state index is 13.3. The molecule has 0 radical (unpaired) electrons. The van der Waals surface area contributed by atoms with Gasteiger partial charge in [0.2, 0.25) is 11.8 Å². The second kappa shape index (κ2) is 13.8. The van der Waals surface area contributed by atoms with Gasteiger partial charge in [-0.05, 0) is 60.7 Å². The maximum absolute atomic E-state index is 13.3. The average molecular weight is 486 g/mol. The number of rotatable bonds is 12. The lowest BCUT2D eigenvalue weighted by Crippen LogP contribution is -2.42. The van der Waals surface area contributed by atoms with E-state index in [4.69, 9.17) is 0 Å². The van der Waals surface area contributed by atoms with Gasteiger partial charge in [-0.2, -0.15) is 0 Å². The Balaban J connectivity index is 1.62. The number of unbranched alkanes of at least 4 members (excludes halogenated alkanes) is 2. The highest BCUT2D eigenvalue weighted by atomic mass is 16.2. The predicted molar refractivity (Wildman–Crippen MR) is 144 cm³/mol. The summed E-state index contributed by atoms with van der Waals surface area (Å²) < 4.78 is 0. The highest BCUT2D eigenvalue weighted by Crippen LogP contribution is 2.14. The van der Waals surface area contributed by atoms with E-state index in [1.807, 2.05) is 79.7 Å². The van der Waals surface area contributed by atoms with Crippen LogP contribution in [-0.2, 0) is 22.6 Å². The normalized spacial score (nSPS) is 10.5. The summed E-state index contributed by atoms with van der Waals surface area (Å²) in [6.45, 7) is 4.09. The highest BCUT2D eigenvalue weighted by Gasteiger charge is 2.20. The van der Waals surface area contributed by atoms with E-state index in [9.17, 15) is 14.4 Å². The summed E-state index contributed by atoms with van der Waals surface area (Å²) in [5.74, 6) is -0.943. The van der Waals surface area contributed by atoms with Gasteiger partial charge in [-0.1, -0.05) is 74.4 Å². The molecule has 6 nitrogen and oxygen atoms in total. The SMILES string of the molecule is CCCCCc1ccc(C(=O)N(CC(=O)NCC(=O)Nc2cccc(C)c2)Cc2ccccc2)cc1. The summed E-state index contributed by atoms with van der Waals surface area (Å²) in [6, 6.07) is 24.6. The number of hydrogen-bond donors (Lipinski definition) is 2. The fraction of sp³-hybridized carbons (Fsp3) is 0.300. The van der Waals surface area contributed by atoms with E-state index in [1.165, 1.54) is 23.3 Å². The zero-order valence-electron chi connectivity index (χ0n) is 21.1. The largest absolute Gasteiger partial charge is 0.345 e. The number of hydrogen-bond acceptors (Lipinski definition) is 3. The van der Waals surface area contributed by atoms with Crippen LogP contribution in [0.5, 0.6) is 0 Å². The van der Waals surface area contributed by atoms with E-state index in [0.29, 0.717) is 17.8 Å². The Morgan fingerprint density at radius 1 is 0.806 bits per heavy atom. The first-order valence-electron chi connectivity index (χ1n) is 12.5. The van der Waals surface area contributed by atoms with Gasteiger partial charge in [0.25, 0.3) is 5.91 Å². The molecule has 0 atom stereocenters. The first-order valence-corrected chi connectivity index (χ1v) is 12.5. The van der Waals surface area contributed by atoms with Crippen LogP contribution in [0.15, 0.2) is 78.9 Å². The second-order valence-corrected chi connectivity index (χ2v) is 9.00. The van der Waals surface area contributed by atoms with Crippen molar-refractivity contribution in [3.63, 3.8) is 0 Å². The van der Waals surface area contributed by atoms with Gasteiger partial charge in [-0.25, -0.2) is 0 Å². The quantitative estimate of drug-likeness (QED) is 0.349. The summed E-state index contributed by atoms with van der Waals surface area (Å²) in [7, 11) is 0. The third-order valence-corrected chi connectivity index (χ3v) is 5.86. The Bertz CT molecular complexity index is 1140. The molecule has 3 rings (SSSR count). The van der Waals surface area contributed by atoms with Gasteiger partial charge in [0, 0.05) is 17.8 Å². The first-order chi connectivity index (χ1) is 17.4. The van der Waals surface area contributed by atoms with Crippen molar-refractivity contribution in [1.82, 2.24) is 10.2 Å². The topological polar surface area (TPSA) is 78.5 Å². The minimum absolute atomic E-state index is 0.149. The Morgan fingerprint density at radius 2 is 1.56 bits per heavy atom. The van der Waals surface area contributed by atoms with E-state index in [2.05, 4.69) is 17.6 Å². The van der Waals surface area contributed by atoms with E-state index in [0.717, 1.165) is 24.0 Å². The lowest BCUT2D eigenvalue weighted by molar-refractivity contribution is -0.124. The highest BCUT2D eigenvalue weighted by molar-refractivity contribution is 5.98. The van der Waals surface area contributed by atoms with Gasteiger partial charge in [-0.3, -0.25) is 14.4 Å². The molecule has 3 aromatic carbocycles. The van der Waals surface area contributed by atoms with Crippen molar-refractivity contribution >= 4 is 23.4 Å². The first kappa shape index (κ1) is 26.7. The fourth-order valence-electron chi connectivity index (χ4n) is 3.92. The van der Waals surface area contributed by atoms with Crippen molar-refractivity contribution in [2.24, 2.45) is 0 Å². The van der Waals surface area contributed by atoms with Crippen molar-refractivity contribution < 1.29 is 14.4 Å². The number of aryl methyl sites for hydroxylation is 2.